The molecule has 3 unspecified atom stereocenters. The molecule has 1 saturated heterocycles. The highest BCUT2D eigenvalue weighted by molar-refractivity contribution is 8.00. The Morgan fingerprint density at radius 2 is 1.96 bits per heavy atom. The quantitative estimate of drug-likeness (QED) is 0.643. The fourth-order valence-electron chi connectivity index (χ4n) is 3.79. The zero-order valence-electron chi connectivity index (χ0n) is 15.1. The van der Waals surface area contributed by atoms with Gasteiger partial charge in [-0.15, -0.1) is 11.8 Å². The number of nitrogens with zero attached hydrogens (tertiary/aromatic N) is 1. The number of halogens is 1. The van der Waals surface area contributed by atoms with Gasteiger partial charge in [0.05, 0.1) is 17.4 Å². The number of carbonyl (C=O) groups excluding carboxylic acids is 1. The molecule has 9 heteroatoms. The summed E-state index contributed by atoms with van der Waals surface area (Å²) in [5.41, 5.74) is 7.77. The van der Waals surface area contributed by atoms with Gasteiger partial charge < -0.3 is 5.32 Å². The molecular weight excluding hydrogens is 369 g/mol. The van der Waals surface area contributed by atoms with Crippen LogP contribution < -0.4 is 21.7 Å². The van der Waals surface area contributed by atoms with Gasteiger partial charge in [0.25, 0.3) is 5.56 Å². The minimum absolute atomic E-state index is 0.0122. The number of carbonyl (C=O) groups is 1. The molecule has 2 aliphatic heterocycles. The lowest BCUT2D eigenvalue weighted by Crippen LogP contribution is -2.26. The Bertz CT molecular complexity index is 907. The monoisotopic (exact) mass is 391 g/mol. The Morgan fingerprint density at radius 1 is 1.22 bits per heavy atom. The molecule has 2 aromatic rings. The van der Waals surface area contributed by atoms with Crippen LogP contribution in [0.1, 0.15) is 42.3 Å². The average Bonchev–Trinajstić information content (AvgIpc) is 3.18. The Labute approximate surface area is 160 Å². The molecule has 4 rings (SSSR count). The highest BCUT2D eigenvalue weighted by Gasteiger charge is 2.41. The summed E-state index contributed by atoms with van der Waals surface area (Å²) in [4.78, 5) is 25.0. The summed E-state index contributed by atoms with van der Waals surface area (Å²) in [5.74, 6) is 0.460. The van der Waals surface area contributed by atoms with Gasteiger partial charge in [0, 0.05) is 23.8 Å². The number of aromatic amines is 1. The normalized spacial score (nSPS) is 25.3. The van der Waals surface area contributed by atoms with E-state index in [9.17, 15) is 14.0 Å². The van der Waals surface area contributed by atoms with Gasteiger partial charge in [-0.05, 0) is 31.5 Å². The molecule has 1 fully saturated rings. The van der Waals surface area contributed by atoms with Crippen molar-refractivity contribution >= 4 is 23.5 Å². The first-order chi connectivity index (χ1) is 13.0. The predicted octanol–water partition coefficient (Wildman–Crippen LogP) is 2.09. The molecule has 0 radical (unpaired) electrons. The van der Waals surface area contributed by atoms with Crippen LogP contribution in [-0.2, 0) is 4.79 Å². The van der Waals surface area contributed by atoms with Crippen molar-refractivity contribution in [3.05, 3.63) is 51.6 Å². The molecule has 7 nitrogen and oxygen atoms in total. The van der Waals surface area contributed by atoms with Gasteiger partial charge in [-0.25, -0.2) is 9.82 Å². The van der Waals surface area contributed by atoms with Gasteiger partial charge >= 0.3 is 0 Å². The first kappa shape index (κ1) is 18.3. The topological polar surface area (TPSA) is 91.0 Å². The fraction of sp³-hybridized carbons (Fsp3) is 0.444. The molecule has 3 heterocycles. The van der Waals surface area contributed by atoms with Crippen LogP contribution in [0.25, 0.3) is 0 Å². The molecule has 1 aromatic heterocycles. The van der Waals surface area contributed by atoms with Gasteiger partial charge in [-0.3, -0.25) is 24.8 Å². The largest absolute Gasteiger partial charge is 0.310 e. The van der Waals surface area contributed by atoms with Crippen molar-refractivity contribution in [1.82, 2.24) is 20.6 Å². The van der Waals surface area contributed by atoms with Crippen LogP contribution in [0, 0.1) is 11.7 Å². The van der Waals surface area contributed by atoms with Crippen molar-refractivity contribution in [3.8, 4) is 0 Å². The maximum atomic E-state index is 13.3. The molecule has 0 aliphatic carbocycles. The summed E-state index contributed by atoms with van der Waals surface area (Å²) in [6.07, 6.45) is 0. The van der Waals surface area contributed by atoms with Crippen LogP contribution in [0.2, 0.25) is 0 Å². The van der Waals surface area contributed by atoms with Crippen LogP contribution >= 0.6 is 11.8 Å². The number of nitrogens with one attached hydrogen (secondary N) is 4. The predicted molar refractivity (Wildman–Crippen MR) is 103 cm³/mol. The summed E-state index contributed by atoms with van der Waals surface area (Å²) < 4.78 is 15.0. The fourth-order valence-corrected chi connectivity index (χ4v) is 5.08. The lowest BCUT2D eigenvalue weighted by atomic mass is 9.89. The maximum absolute atomic E-state index is 13.3. The van der Waals surface area contributed by atoms with E-state index in [-0.39, 0.29) is 46.3 Å². The van der Waals surface area contributed by atoms with Gasteiger partial charge in [-0.2, -0.15) is 0 Å². The number of H-pyrrole nitrogens is 1. The number of aromatic nitrogens is 2. The zero-order chi connectivity index (χ0) is 19.1. The van der Waals surface area contributed by atoms with Crippen molar-refractivity contribution in [2.45, 2.75) is 31.2 Å². The standard InChI is InChI=1S/C18H22FN5O2S/c1-9(2)24-17-14(18(26)23-24)16(27-8-13(25)21-17)12-7-20-22-15(12)10-3-5-11(19)6-4-10/h3-6,9,12,15-16,20,22H,7-8H2,1-2H3,(H,21,25)(H,23,26). The summed E-state index contributed by atoms with van der Waals surface area (Å²) in [6, 6.07) is 6.30. The van der Waals surface area contributed by atoms with Crippen molar-refractivity contribution < 1.29 is 9.18 Å². The minimum Gasteiger partial charge on any atom is -0.310 e. The number of hydrogen-bond acceptors (Lipinski definition) is 5. The van der Waals surface area contributed by atoms with Gasteiger partial charge in [-0.1, -0.05) is 12.1 Å². The van der Waals surface area contributed by atoms with Gasteiger partial charge in [0.1, 0.15) is 11.6 Å². The molecule has 1 amide bonds. The lowest BCUT2D eigenvalue weighted by Gasteiger charge is -2.26. The van der Waals surface area contributed by atoms with Crippen LogP contribution in [-0.4, -0.2) is 28.0 Å². The van der Waals surface area contributed by atoms with Gasteiger partial charge in [0.15, 0.2) is 0 Å². The van der Waals surface area contributed by atoms with Crippen LogP contribution in [0.5, 0.6) is 0 Å². The molecular formula is C18H22FN5O2S. The minimum atomic E-state index is -0.285. The van der Waals surface area contributed by atoms with E-state index in [1.54, 1.807) is 16.8 Å². The second-order valence-corrected chi connectivity index (χ2v) is 8.29. The average molecular weight is 391 g/mol. The smallest absolute Gasteiger partial charge is 0.270 e. The first-order valence-electron chi connectivity index (χ1n) is 8.95. The van der Waals surface area contributed by atoms with Crippen LogP contribution in [0.3, 0.4) is 0 Å². The number of benzene rings is 1. The number of amides is 1. The maximum Gasteiger partial charge on any atom is 0.270 e. The van der Waals surface area contributed by atoms with E-state index >= 15 is 0 Å². The molecule has 4 N–H and O–H groups in total. The van der Waals surface area contributed by atoms with E-state index in [1.807, 2.05) is 13.8 Å². The third-order valence-corrected chi connectivity index (χ3v) is 6.43. The SMILES string of the molecule is CC(C)n1[nH]c(=O)c2c1NC(=O)CSC2C1CNNC1c1ccc(F)cc1. The van der Waals surface area contributed by atoms with E-state index < -0.39 is 0 Å². The molecule has 1 aromatic carbocycles. The Hall–Kier alpha value is -2.10. The molecule has 0 bridgehead atoms. The van der Waals surface area contributed by atoms with E-state index in [0.29, 0.717) is 17.9 Å². The lowest BCUT2D eigenvalue weighted by molar-refractivity contribution is -0.113. The molecule has 27 heavy (non-hydrogen) atoms. The summed E-state index contributed by atoms with van der Waals surface area (Å²) in [6.45, 7) is 4.55. The third kappa shape index (κ3) is 3.30. The number of hydrogen-bond donors (Lipinski definition) is 4. The molecule has 0 spiro atoms. The van der Waals surface area contributed by atoms with E-state index in [1.165, 1.54) is 23.9 Å². The van der Waals surface area contributed by atoms with Gasteiger partial charge in [0.2, 0.25) is 5.91 Å². The number of thioether (sulfide) groups is 1. The highest BCUT2D eigenvalue weighted by atomic mass is 32.2. The molecule has 144 valence electrons. The number of rotatable bonds is 3. The summed E-state index contributed by atoms with van der Waals surface area (Å²) in [5, 5.41) is 5.57. The molecule has 0 saturated carbocycles. The van der Waals surface area contributed by atoms with E-state index in [2.05, 4.69) is 21.3 Å². The number of anilines is 1. The van der Waals surface area contributed by atoms with Crippen molar-refractivity contribution in [1.29, 1.82) is 0 Å². The first-order valence-corrected chi connectivity index (χ1v) is 10.00. The van der Waals surface area contributed by atoms with Crippen molar-refractivity contribution in [3.63, 3.8) is 0 Å². The Morgan fingerprint density at radius 3 is 2.67 bits per heavy atom. The van der Waals surface area contributed by atoms with Crippen LogP contribution in [0.15, 0.2) is 29.1 Å². The Balaban J connectivity index is 1.76. The second kappa shape index (κ2) is 7.14. The summed E-state index contributed by atoms with van der Waals surface area (Å²) >= 11 is 1.47. The van der Waals surface area contributed by atoms with Crippen molar-refractivity contribution in [2.75, 3.05) is 17.6 Å². The Kier molecular flexibility index (Phi) is 4.83. The molecule has 2 aliphatic rings. The molecule has 3 atom stereocenters. The number of fused-ring (bicyclic) bond motifs is 1. The zero-order valence-corrected chi connectivity index (χ0v) is 15.9. The van der Waals surface area contributed by atoms with Crippen molar-refractivity contribution in [2.24, 2.45) is 5.92 Å². The second-order valence-electron chi connectivity index (χ2n) is 7.17. The summed E-state index contributed by atoms with van der Waals surface area (Å²) in [7, 11) is 0. The highest BCUT2D eigenvalue weighted by Crippen LogP contribution is 2.46. The van der Waals surface area contributed by atoms with E-state index in [0.717, 1.165) is 5.56 Å². The van der Waals surface area contributed by atoms with E-state index in [4.69, 9.17) is 0 Å². The number of hydrazine groups is 1. The third-order valence-electron chi connectivity index (χ3n) is 5.06. The van der Waals surface area contributed by atoms with Crippen LogP contribution in [0.4, 0.5) is 10.2 Å².